The van der Waals surface area contributed by atoms with Crippen molar-refractivity contribution in [3.63, 3.8) is 0 Å². The molecule has 0 radical (unpaired) electrons. The third-order valence-electron chi connectivity index (χ3n) is 1.72. The van der Waals surface area contributed by atoms with Crippen LogP contribution in [0.1, 0.15) is 11.1 Å². The first kappa shape index (κ1) is 10.9. The summed E-state index contributed by atoms with van der Waals surface area (Å²) in [6.07, 6.45) is 1.65. The first-order chi connectivity index (χ1) is 6.58. The van der Waals surface area contributed by atoms with Gasteiger partial charge in [0.05, 0.1) is 6.42 Å². The van der Waals surface area contributed by atoms with E-state index in [4.69, 9.17) is 5.11 Å². The molecule has 1 atom stereocenters. The van der Waals surface area contributed by atoms with Crippen molar-refractivity contribution < 1.29 is 14.1 Å². The minimum Gasteiger partial charge on any atom is -0.481 e. The van der Waals surface area contributed by atoms with Gasteiger partial charge in [-0.3, -0.25) is 9.00 Å². The van der Waals surface area contributed by atoms with Crippen LogP contribution in [0.15, 0.2) is 24.3 Å². The minimum atomic E-state index is -0.885. The monoisotopic (exact) mass is 212 g/mol. The molecule has 3 nitrogen and oxygen atoms in total. The molecule has 0 saturated carbocycles. The van der Waals surface area contributed by atoms with Crippen molar-refractivity contribution in [2.75, 3.05) is 6.26 Å². The van der Waals surface area contributed by atoms with Gasteiger partial charge in [-0.25, -0.2) is 0 Å². The second-order valence-electron chi connectivity index (χ2n) is 3.11. The summed E-state index contributed by atoms with van der Waals surface area (Å²) < 4.78 is 10.9. The van der Waals surface area contributed by atoms with E-state index in [1.165, 1.54) is 0 Å². The molecule has 0 spiro atoms. The summed E-state index contributed by atoms with van der Waals surface area (Å²) in [5.74, 6) is -0.368. The topological polar surface area (TPSA) is 54.4 Å². The van der Waals surface area contributed by atoms with Crippen LogP contribution in [0.5, 0.6) is 0 Å². The van der Waals surface area contributed by atoms with Crippen LogP contribution in [0.4, 0.5) is 0 Å². The number of hydrogen-bond acceptors (Lipinski definition) is 2. The largest absolute Gasteiger partial charge is 0.481 e. The van der Waals surface area contributed by atoms with E-state index in [0.29, 0.717) is 5.75 Å². The molecule has 1 unspecified atom stereocenters. The fourth-order valence-corrected chi connectivity index (χ4v) is 1.89. The van der Waals surface area contributed by atoms with Crippen LogP contribution >= 0.6 is 0 Å². The second kappa shape index (κ2) is 4.91. The molecule has 0 aromatic heterocycles. The highest BCUT2D eigenvalue weighted by Crippen LogP contribution is 2.07. The van der Waals surface area contributed by atoms with E-state index < -0.39 is 16.8 Å². The zero-order valence-corrected chi connectivity index (χ0v) is 8.71. The Morgan fingerprint density at radius 1 is 1.43 bits per heavy atom. The van der Waals surface area contributed by atoms with E-state index in [2.05, 4.69) is 0 Å². The van der Waals surface area contributed by atoms with Crippen molar-refractivity contribution >= 4 is 16.8 Å². The highest BCUT2D eigenvalue weighted by Gasteiger charge is 2.02. The summed E-state index contributed by atoms with van der Waals surface area (Å²) in [7, 11) is -0.885. The molecular formula is C10H12O3S. The summed E-state index contributed by atoms with van der Waals surface area (Å²) in [6, 6.07) is 7.19. The van der Waals surface area contributed by atoms with Crippen LogP contribution in [0.2, 0.25) is 0 Å². The van der Waals surface area contributed by atoms with Crippen molar-refractivity contribution in [1.82, 2.24) is 0 Å². The molecule has 0 aliphatic rings. The molecule has 0 heterocycles. The normalized spacial score (nSPS) is 12.4. The zero-order valence-electron chi connectivity index (χ0n) is 7.90. The SMILES string of the molecule is CS(=O)Cc1cccc(CC(=O)O)c1. The molecule has 0 bridgehead atoms. The maximum atomic E-state index is 10.9. The highest BCUT2D eigenvalue weighted by atomic mass is 32.2. The van der Waals surface area contributed by atoms with E-state index >= 15 is 0 Å². The number of aliphatic carboxylic acids is 1. The van der Waals surface area contributed by atoms with E-state index in [1.807, 2.05) is 6.07 Å². The van der Waals surface area contributed by atoms with Gasteiger partial charge < -0.3 is 5.11 Å². The molecule has 0 amide bonds. The lowest BCUT2D eigenvalue weighted by atomic mass is 10.1. The van der Waals surface area contributed by atoms with Gasteiger partial charge in [0.15, 0.2) is 0 Å². The molecule has 76 valence electrons. The summed E-state index contributed by atoms with van der Waals surface area (Å²) in [4.78, 5) is 10.4. The number of hydrogen-bond donors (Lipinski definition) is 1. The van der Waals surface area contributed by atoms with Gasteiger partial charge in [-0.2, -0.15) is 0 Å². The Kier molecular flexibility index (Phi) is 3.83. The number of benzene rings is 1. The van der Waals surface area contributed by atoms with Crippen LogP contribution in [0, 0.1) is 0 Å². The van der Waals surface area contributed by atoms with Crippen molar-refractivity contribution in [3.8, 4) is 0 Å². The van der Waals surface area contributed by atoms with Gasteiger partial charge in [-0.1, -0.05) is 24.3 Å². The van der Waals surface area contributed by atoms with Crippen molar-refractivity contribution in [1.29, 1.82) is 0 Å². The van der Waals surface area contributed by atoms with Crippen molar-refractivity contribution in [3.05, 3.63) is 35.4 Å². The first-order valence-corrected chi connectivity index (χ1v) is 5.90. The third kappa shape index (κ3) is 3.70. The lowest BCUT2D eigenvalue weighted by molar-refractivity contribution is -0.136. The van der Waals surface area contributed by atoms with Gasteiger partial charge in [-0.05, 0) is 11.1 Å². The third-order valence-corrected chi connectivity index (χ3v) is 2.46. The first-order valence-electron chi connectivity index (χ1n) is 4.17. The standard InChI is InChI=1S/C10H12O3S/c1-14(13)7-9-4-2-3-8(5-9)6-10(11)12/h2-5H,6-7H2,1H3,(H,11,12). The molecule has 1 rings (SSSR count). The average molecular weight is 212 g/mol. The summed E-state index contributed by atoms with van der Waals surface area (Å²) in [6.45, 7) is 0. The number of carboxylic acid groups (broad SMARTS) is 1. The Balaban J connectivity index is 2.78. The van der Waals surface area contributed by atoms with Gasteiger partial charge in [0.2, 0.25) is 0 Å². The quantitative estimate of drug-likeness (QED) is 0.815. The number of rotatable bonds is 4. The van der Waals surface area contributed by atoms with Crippen LogP contribution in [-0.2, 0) is 27.8 Å². The average Bonchev–Trinajstić information content (AvgIpc) is 2.01. The minimum absolute atomic E-state index is 0.0180. The van der Waals surface area contributed by atoms with Crippen molar-refractivity contribution in [2.24, 2.45) is 0 Å². The Bertz CT molecular complexity index is 329. The molecule has 1 aromatic carbocycles. The van der Waals surface area contributed by atoms with E-state index in [0.717, 1.165) is 11.1 Å². The van der Waals surface area contributed by atoms with Crippen molar-refractivity contribution in [2.45, 2.75) is 12.2 Å². The lowest BCUT2D eigenvalue weighted by Gasteiger charge is -2.01. The smallest absolute Gasteiger partial charge is 0.307 e. The van der Waals surface area contributed by atoms with Gasteiger partial charge in [0.1, 0.15) is 0 Å². The molecule has 1 N–H and O–H groups in total. The fraction of sp³-hybridized carbons (Fsp3) is 0.300. The molecule has 4 heteroatoms. The second-order valence-corrected chi connectivity index (χ2v) is 4.54. The lowest BCUT2D eigenvalue weighted by Crippen LogP contribution is -2.01. The predicted octanol–water partition coefficient (Wildman–Crippen LogP) is 1.19. The van der Waals surface area contributed by atoms with Crippen LogP contribution in [0.25, 0.3) is 0 Å². The Hall–Kier alpha value is -1.16. The summed E-state index contributed by atoms with van der Waals surface area (Å²) in [5, 5.41) is 8.58. The Morgan fingerprint density at radius 3 is 2.64 bits per heavy atom. The number of carboxylic acids is 1. The maximum Gasteiger partial charge on any atom is 0.307 e. The molecule has 14 heavy (non-hydrogen) atoms. The maximum absolute atomic E-state index is 10.9. The van der Waals surface area contributed by atoms with Crippen LogP contribution < -0.4 is 0 Å². The summed E-state index contributed by atoms with van der Waals surface area (Å²) in [5.41, 5.74) is 1.67. The predicted molar refractivity (Wildman–Crippen MR) is 55.6 cm³/mol. The molecule has 1 aromatic rings. The molecule has 0 saturated heterocycles. The Morgan fingerprint density at radius 2 is 2.07 bits per heavy atom. The van der Waals surface area contributed by atoms with E-state index in [9.17, 15) is 9.00 Å². The zero-order chi connectivity index (χ0) is 10.6. The van der Waals surface area contributed by atoms with Gasteiger partial charge in [0, 0.05) is 22.8 Å². The van der Waals surface area contributed by atoms with E-state index in [-0.39, 0.29) is 6.42 Å². The van der Waals surface area contributed by atoms with Crippen LogP contribution in [-0.4, -0.2) is 21.5 Å². The Labute approximate surface area is 85.2 Å². The molecule has 0 aliphatic heterocycles. The van der Waals surface area contributed by atoms with E-state index in [1.54, 1.807) is 24.5 Å². The fourth-order valence-electron chi connectivity index (χ4n) is 1.24. The molecule has 0 aliphatic carbocycles. The van der Waals surface area contributed by atoms with Gasteiger partial charge >= 0.3 is 5.97 Å². The van der Waals surface area contributed by atoms with Crippen LogP contribution in [0.3, 0.4) is 0 Å². The summed E-state index contributed by atoms with van der Waals surface area (Å²) >= 11 is 0. The highest BCUT2D eigenvalue weighted by molar-refractivity contribution is 7.83. The number of carbonyl (C=O) groups is 1. The molecular weight excluding hydrogens is 200 g/mol. The van der Waals surface area contributed by atoms with Gasteiger partial charge in [0.25, 0.3) is 0 Å². The molecule has 0 fully saturated rings. The van der Waals surface area contributed by atoms with Gasteiger partial charge in [-0.15, -0.1) is 0 Å².